The quantitative estimate of drug-likeness (QED) is 0.368. The Bertz CT molecular complexity index is 27.2. The summed E-state index contributed by atoms with van der Waals surface area (Å²) < 4.78 is 0. The SMILES string of the molecule is [Ca+2].[Cl+].[O-][Si]([O-])([O-])O. The second-order valence-electron chi connectivity index (χ2n) is 0.524. The van der Waals surface area contributed by atoms with Crippen molar-refractivity contribution in [1.29, 1.82) is 0 Å². The van der Waals surface area contributed by atoms with E-state index in [0.29, 0.717) is 0 Å². The Balaban J connectivity index is -0.0000000800. The van der Waals surface area contributed by atoms with Crippen LogP contribution in [0.5, 0.6) is 0 Å². The van der Waals surface area contributed by atoms with Gasteiger partial charge in [0, 0.05) is 0 Å². The first-order chi connectivity index (χ1) is 2.00. The summed E-state index contributed by atoms with van der Waals surface area (Å²) >= 11 is 0. The van der Waals surface area contributed by atoms with E-state index in [0.717, 1.165) is 0 Å². The van der Waals surface area contributed by atoms with E-state index < -0.39 is 9.05 Å². The fourth-order valence-corrected chi connectivity index (χ4v) is 0. The Hall–Kier alpha value is 1.61. The molecule has 38 valence electrons. The topological polar surface area (TPSA) is 89.4 Å². The number of hydrogen-bond donors (Lipinski definition) is 1. The van der Waals surface area contributed by atoms with Crippen molar-refractivity contribution in [3.8, 4) is 0 Å². The van der Waals surface area contributed by atoms with Gasteiger partial charge in [-0.05, 0) is 0 Å². The molecule has 1 N–H and O–H groups in total. The van der Waals surface area contributed by atoms with Crippen LogP contribution in [-0.4, -0.2) is 51.6 Å². The van der Waals surface area contributed by atoms with Gasteiger partial charge in [0.2, 0.25) is 0 Å². The van der Waals surface area contributed by atoms with Crippen molar-refractivity contribution in [3.63, 3.8) is 0 Å². The molecule has 0 aliphatic heterocycles. The fourth-order valence-electron chi connectivity index (χ4n) is 0. The van der Waals surface area contributed by atoms with Gasteiger partial charge >= 0.3 is 50.1 Å². The maximum Gasteiger partial charge on any atom is 2.00 e. The van der Waals surface area contributed by atoms with E-state index in [1.807, 2.05) is 0 Å². The van der Waals surface area contributed by atoms with Gasteiger partial charge in [0.05, 0.1) is 0 Å². The Morgan fingerprint density at radius 2 is 1.14 bits per heavy atom. The Morgan fingerprint density at radius 1 is 1.14 bits per heavy atom. The van der Waals surface area contributed by atoms with Crippen molar-refractivity contribution in [2.75, 3.05) is 0 Å². The van der Waals surface area contributed by atoms with E-state index in [-0.39, 0.29) is 50.1 Å². The van der Waals surface area contributed by atoms with Crippen LogP contribution < -0.4 is 14.4 Å². The van der Waals surface area contributed by atoms with Gasteiger partial charge in [-0.15, -0.1) is 9.05 Å². The molecule has 0 bridgehead atoms. The minimum atomic E-state index is -5.36. The molecule has 0 fully saturated rings. The molecular weight excluding hydrogens is 168 g/mol. The van der Waals surface area contributed by atoms with Crippen LogP contribution in [0, 0.1) is 12.4 Å². The molecule has 0 aliphatic carbocycles. The summed E-state index contributed by atoms with van der Waals surface area (Å²) in [6.07, 6.45) is 0. The van der Waals surface area contributed by atoms with Gasteiger partial charge in [-0.1, -0.05) is 0 Å². The second kappa shape index (κ2) is 5.74. The first-order valence-corrected chi connectivity index (χ1v) is 2.51. The molecule has 0 saturated carbocycles. The van der Waals surface area contributed by atoms with E-state index in [4.69, 9.17) is 19.2 Å². The largest absolute Gasteiger partial charge is 2.00 e. The smallest absolute Gasteiger partial charge is 0.861 e. The molecule has 7 heteroatoms. The number of rotatable bonds is 0. The van der Waals surface area contributed by atoms with Crippen LogP contribution >= 0.6 is 0 Å². The van der Waals surface area contributed by atoms with Crippen LogP contribution in [0.2, 0.25) is 0 Å². The third kappa shape index (κ3) is 92.6. The van der Waals surface area contributed by atoms with Gasteiger partial charge in [0.1, 0.15) is 0 Å². The molecule has 0 unspecified atom stereocenters. The zero-order valence-corrected chi connectivity index (χ0v) is 7.22. The molecule has 0 aromatic heterocycles. The minimum Gasteiger partial charge on any atom is -0.861 e. The molecule has 0 amide bonds. The molecule has 7 heavy (non-hydrogen) atoms. The van der Waals surface area contributed by atoms with E-state index >= 15 is 0 Å². The molecule has 0 aromatic carbocycles. The fraction of sp³-hybridized carbons (Fsp3) is 0. The third-order valence-corrected chi connectivity index (χ3v) is 0. The third-order valence-electron chi connectivity index (χ3n) is 0. The molecule has 0 aliphatic rings. The van der Waals surface area contributed by atoms with E-state index in [2.05, 4.69) is 0 Å². The van der Waals surface area contributed by atoms with E-state index in [9.17, 15) is 0 Å². The summed E-state index contributed by atoms with van der Waals surface area (Å²) in [7, 11) is -5.36. The molecule has 0 spiro atoms. The Labute approximate surface area is 77.7 Å². The molecule has 2 radical (unpaired) electrons. The molecule has 0 rings (SSSR count). The average molecular weight is 169 g/mol. The number of halogens is 1. The predicted molar refractivity (Wildman–Crippen MR) is 13.7 cm³/mol. The maximum absolute atomic E-state index is 8.69. The van der Waals surface area contributed by atoms with Crippen LogP contribution in [0.15, 0.2) is 0 Å². The Morgan fingerprint density at radius 3 is 1.14 bits per heavy atom. The minimum absolute atomic E-state index is 0. The molecule has 0 atom stereocenters. The van der Waals surface area contributed by atoms with E-state index in [1.54, 1.807) is 0 Å². The summed E-state index contributed by atoms with van der Waals surface area (Å²) in [5.74, 6) is 0. The van der Waals surface area contributed by atoms with Crippen LogP contribution in [0.1, 0.15) is 0 Å². The summed E-state index contributed by atoms with van der Waals surface area (Å²) in [4.78, 5) is 33.1. The predicted octanol–water partition coefficient (Wildman–Crippen LogP) is -4.89. The van der Waals surface area contributed by atoms with E-state index in [1.165, 1.54) is 0 Å². The monoisotopic (exact) mass is 168 g/mol. The van der Waals surface area contributed by atoms with Crippen LogP contribution in [-0.2, 0) is 0 Å². The first-order valence-electron chi connectivity index (χ1n) is 0.836. The van der Waals surface area contributed by atoms with Crippen LogP contribution in [0.25, 0.3) is 0 Å². The molecule has 0 heterocycles. The summed E-state index contributed by atoms with van der Waals surface area (Å²) in [5.41, 5.74) is 0. The maximum atomic E-state index is 8.69. The summed E-state index contributed by atoms with van der Waals surface area (Å²) in [5, 5.41) is 0. The van der Waals surface area contributed by atoms with Crippen molar-refractivity contribution in [3.05, 3.63) is 0 Å². The van der Waals surface area contributed by atoms with Crippen molar-refractivity contribution in [2.45, 2.75) is 0 Å². The zero-order chi connectivity index (χ0) is 4.50. The second-order valence-corrected chi connectivity index (χ2v) is 1.57. The van der Waals surface area contributed by atoms with Crippen molar-refractivity contribution in [2.24, 2.45) is 0 Å². The van der Waals surface area contributed by atoms with Crippen molar-refractivity contribution < 1.29 is 31.6 Å². The standard InChI is InChI=1S/Ca.Cl.HO4Si/c;;1-5(2,3)4/h;;1H/q+2;+1;-3. The molecule has 0 saturated heterocycles. The Kier molecular flexibility index (Phi) is 13.0. The van der Waals surface area contributed by atoms with Gasteiger partial charge in [-0.25, -0.2) is 0 Å². The van der Waals surface area contributed by atoms with Gasteiger partial charge in [0.25, 0.3) is 0 Å². The van der Waals surface area contributed by atoms with Crippen molar-refractivity contribution >= 4 is 46.8 Å². The van der Waals surface area contributed by atoms with Gasteiger partial charge in [-0.3, -0.25) is 0 Å². The number of hydrogen-bond acceptors (Lipinski definition) is 4. The van der Waals surface area contributed by atoms with Gasteiger partial charge < -0.3 is 19.2 Å². The van der Waals surface area contributed by atoms with Crippen molar-refractivity contribution in [1.82, 2.24) is 0 Å². The van der Waals surface area contributed by atoms with Crippen LogP contribution in [0.4, 0.5) is 0 Å². The zero-order valence-electron chi connectivity index (χ0n) is 3.26. The normalized spacial score (nSPS) is 8.57. The summed E-state index contributed by atoms with van der Waals surface area (Å²) in [6.45, 7) is 0. The molecular formula is HCaClO4Si. The average Bonchev–Trinajstić information content (AvgIpc) is 0.722. The molecule has 0 aromatic rings. The van der Waals surface area contributed by atoms with Gasteiger partial charge in [-0.2, -0.15) is 0 Å². The molecule has 4 nitrogen and oxygen atoms in total. The first kappa shape index (κ1) is 15.8. The van der Waals surface area contributed by atoms with Gasteiger partial charge in [0.15, 0.2) is 0 Å². The van der Waals surface area contributed by atoms with Crippen LogP contribution in [0.3, 0.4) is 0 Å². The summed E-state index contributed by atoms with van der Waals surface area (Å²) in [6, 6.07) is 0.